The van der Waals surface area contributed by atoms with E-state index in [-0.39, 0.29) is 23.2 Å². The van der Waals surface area contributed by atoms with E-state index in [0.717, 1.165) is 48.1 Å². The maximum atomic E-state index is 12.5. The number of piperidine rings is 1. The van der Waals surface area contributed by atoms with Crippen molar-refractivity contribution in [2.24, 2.45) is 11.1 Å². The van der Waals surface area contributed by atoms with Gasteiger partial charge in [0.2, 0.25) is 0 Å². The SMILES string of the molecule is COc1ccc2cc(CN3CCC4(CC3)[C@H](O)C[C@@H]4OCCN)c(=O)[nH]c2c1. The van der Waals surface area contributed by atoms with Crippen LogP contribution in [0.15, 0.2) is 29.1 Å². The van der Waals surface area contributed by atoms with Crippen LogP contribution < -0.4 is 16.0 Å². The number of likely N-dealkylation sites (tertiary alicyclic amines) is 1. The van der Waals surface area contributed by atoms with Crippen LogP contribution in [0.25, 0.3) is 10.9 Å². The van der Waals surface area contributed by atoms with Crippen LogP contribution in [0.4, 0.5) is 0 Å². The van der Waals surface area contributed by atoms with Gasteiger partial charge < -0.3 is 25.3 Å². The van der Waals surface area contributed by atoms with Gasteiger partial charge in [-0.15, -0.1) is 0 Å². The molecule has 1 saturated carbocycles. The fraction of sp³-hybridized carbons (Fsp3) is 0.571. The highest BCUT2D eigenvalue weighted by molar-refractivity contribution is 5.80. The number of aromatic amines is 1. The Kier molecular flexibility index (Phi) is 5.42. The Labute approximate surface area is 164 Å². The fourth-order valence-corrected chi connectivity index (χ4v) is 4.66. The van der Waals surface area contributed by atoms with Crippen LogP contribution in [0, 0.1) is 5.41 Å². The molecule has 1 spiro atoms. The quantitative estimate of drug-likeness (QED) is 0.689. The van der Waals surface area contributed by atoms with Crippen molar-refractivity contribution in [3.8, 4) is 5.75 Å². The topological polar surface area (TPSA) is 101 Å². The highest BCUT2D eigenvalue weighted by Crippen LogP contribution is 2.51. The van der Waals surface area contributed by atoms with Crippen molar-refractivity contribution in [2.75, 3.05) is 33.4 Å². The molecule has 0 amide bonds. The minimum atomic E-state index is -0.295. The number of fused-ring (bicyclic) bond motifs is 1. The van der Waals surface area contributed by atoms with Gasteiger partial charge in [0.1, 0.15) is 5.75 Å². The van der Waals surface area contributed by atoms with Gasteiger partial charge in [-0.05, 0) is 49.5 Å². The summed E-state index contributed by atoms with van der Waals surface area (Å²) in [6.45, 7) is 3.35. The van der Waals surface area contributed by atoms with Gasteiger partial charge in [-0.25, -0.2) is 0 Å². The molecular formula is C21H29N3O4. The lowest BCUT2D eigenvalue weighted by molar-refractivity contribution is -0.210. The predicted octanol–water partition coefficient (Wildman–Crippen LogP) is 1.23. The molecule has 1 aromatic carbocycles. The summed E-state index contributed by atoms with van der Waals surface area (Å²) in [7, 11) is 1.61. The van der Waals surface area contributed by atoms with Crippen LogP contribution in [-0.4, -0.2) is 60.5 Å². The molecule has 0 bridgehead atoms. The van der Waals surface area contributed by atoms with Crippen LogP contribution in [0.1, 0.15) is 24.8 Å². The van der Waals surface area contributed by atoms with Gasteiger partial charge in [-0.3, -0.25) is 9.69 Å². The molecule has 0 radical (unpaired) electrons. The zero-order valence-corrected chi connectivity index (χ0v) is 16.3. The molecule has 1 saturated heterocycles. The molecule has 7 nitrogen and oxygen atoms in total. The fourth-order valence-electron chi connectivity index (χ4n) is 4.66. The first-order chi connectivity index (χ1) is 13.6. The number of aliphatic hydroxyl groups excluding tert-OH is 1. The first-order valence-corrected chi connectivity index (χ1v) is 9.98. The Morgan fingerprint density at radius 3 is 2.79 bits per heavy atom. The summed E-state index contributed by atoms with van der Waals surface area (Å²) in [6.07, 6.45) is 2.27. The molecular weight excluding hydrogens is 358 g/mol. The maximum absolute atomic E-state index is 12.5. The number of pyridine rings is 1. The van der Waals surface area contributed by atoms with Crippen molar-refractivity contribution < 1.29 is 14.6 Å². The monoisotopic (exact) mass is 387 g/mol. The van der Waals surface area contributed by atoms with Gasteiger partial charge >= 0.3 is 0 Å². The summed E-state index contributed by atoms with van der Waals surface area (Å²) in [6, 6.07) is 7.66. The molecule has 2 aromatic rings. The summed E-state index contributed by atoms with van der Waals surface area (Å²) in [5, 5.41) is 11.4. The van der Waals surface area contributed by atoms with Crippen molar-refractivity contribution in [1.82, 2.24) is 9.88 Å². The third-order valence-electron chi connectivity index (χ3n) is 6.49. The number of ether oxygens (including phenoxy) is 2. The lowest BCUT2D eigenvalue weighted by Gasteiger charge is -2.56. The largest absolute Gasteiger partial charge is 0.497 e. The van der Waals surface area contributed by atoms with E-state index in [1.165, 1.54) is 0 Å². The van der Waals surface area contributed by atoms with E-state index in [4.69, 9.17) is 15.2 Å². The number of hydrogen-bond acceptors (Lipinski definition) is 6. The number of nitrogens with one attached hydrogen (secondary N) is 1. The van der Waals surface area contributed by atoms with Gasteiger partial charge in [0.05, 0.1) is 31.4 Å². The van der Waals surface area contributed by atoms with Crippen LogP contribution >= 0.6 is 0 Å². The van der Waals surface area contributed by atoms with Crippen molar-refractivity contribution in [1.29, 1.82) is 0 Å². The molecule has 1 aliphatic heterocycles. The lowest BCUT2D eigenvalue weighted by atomic mass is 9.58. The Hall–Kier alpha value is -1.93. The number of nitrogens with two attached hydrogens (primary N) is 1. The standard InChI is InChI=1S/C21H29N3O4/c1-27-16-3-2-14-10-15(20(26)23-17(14)11-16)13-24-7-4-21(5-8-24)18(25)12-19(21)28-9-6-22/h2-3,10-11,18-19,25H,4-9,12-13,22H2,1H3,(H,23,26)/t18-,19+/m1/s1. The van der Waals surface area contributed by atoms with E-state index in [9.17, 15) is 9.90 Å². The molecule has 2 aliphatic rings. The average molecular weight is 387 g/mol. The molecule has 28 heavy (non-hydrogen) atoms. The van der Waals surface area contributed by atoms with Gasteiger partial charge in [0.25, 0.3) is 5.56 Å². The third-order valence-corrected chi connectivity index (χ3v) is 6.49. The molecule has 1 aliphatic carbocycles. The van der Waals surface area contributed by atoms with Crippen molar-refractivity contribution in [2.45, 2.75) is 38.0 Å². The van der Waals surface area contributed by atoms with E-state index >= 15 is 0 Å². The summed E-state index contributed by atoms with van der Waals surface area (Å²) >= 11 is 0. The number of aliphatic hydroxyl groups is 1. The summed E-state index contributed by atoms with van der Waals surface area (Å²) in [5.41, 5.74) is 6.89. The maximum Gasteiger partial charge on any atom is 0.252 e. The molecule has 2 atom stereocenters. The number of benzene rings is 1. The van der Waals surface area contributed by atoms with E-state index in [1.54, 1.807) is 7.11 Å². The van der Waals surface area contributed by atoms with E-state index < -0.39 is 0 Å². The number of methoxy groups -OCH3 is 1. The van der Waals surface area contributed by atoms with Crippen LogP contribution in [0.5, 0.6) is 5.75 Å². The molecule has 7 heteroatoms. The van der Waals surface area contributed by atoms with Crippen LogP contribution in [0.3, 0.4) is 0 Å². The van der Waals surface area contributed by atoms with E-state index in [2.05, 4.69) is 9.88 Å². The molecule has 1 aromatic heterocycles. The molecule has 4 N–H and O–H groups in total. The van der Waals surface area contributed by atoms with Crippen LogP contribution in [0.2, 0.25) is 0 Å². The summed E-state index contributed by atoms with van der Waals surface area (Å²) < 4.78 is 11.1. The average Bonchev–Trinajstić information content (AvgIpc) is 2.71. The zero-order valence-electron chi connectivity index (χ0n) is 16.3. The Balaban J connectivity index is 1.43. The van der Waals surface area contributed by atoms with Crippen molar-refractivity contribution in [3.63, 3.8) is 0 Å². The Morgan fingerprint density at radius 1 is 1.32 bits per heavy atom. The second-order valence-corrected chi connectivity index (χ2v) is 7.99. The zero-order chi connectivity index (χ0) is 19.7. The van der Waals surface area contributed by atoms with Crippen LogP contribution in [-0.2, 0) is 11.3 Å². The van der Waals surface area contributed by atoms with E-state index in [1.807, 2.05) is 24.3 Å². The smallest absolute Gasteiger partial charge is 0.252 e. The van der Waals surface area contributed by atoms with Crippen molar-refractivity contribution in [3.05, 3.63) is 40.2 Å². The first-order valence-electron chi connectivity index (χ1n) is 9.98. The highest BCUT2D eigenvalue weighted by atomic mass is 16.5. The minimum absolute atomic E-state index is 0.0612. The van der Waals surface area contributed by atoms with Gasteiger partial charge in [-0.2, -0.15) is 0 Å². The van der Waals surface area contributed by atoms with Gasteiger partial charge in [-0.1, -0.05) is 0 Å². The second-order valence-electron chi connectivity index (χ2n) is 7.99. The summed E-state index contributed by atoms with van der Waals surface area (Å²) in [4.78, 5) is 17.8. The van der Waals surface area contributed by atoms with Gasteiger partial charge in [0.15, 0.2) is 0 Å². The van der Waals surface area contributed by atoms with E-state index in [0.29, 0.717) is 26.1 Å². The number of H-pyrrole nitrogens is 1. The number of hydrogen-bond donors (Lipinski definition) is 3. The first kappa shape index (κ1) is 19.4. The number of nitrogens with zero attached hydrogens (tertiary/aromatic N) is 1. The Bertz CT molecular complexity index is 889. The Morgan fingerprint density at radius 2 is 2.11 bits per heavy atom. The molecule has 0 unspecified atom stereocenters. The molecule has 152 valence electrons. The normalized spacial score (nSPS) is 24.4. The minimum Gasteiger partial charge on any atom is -0.497 e. The third kappa shape index (κ3) is 3.43. The summed E-state index contributed by atoms with van der Waals surface area (Å²) in [5.74, 6) is 0.725. The number of rotatable bonds is 6. The number of aromatic nitrogens is 1. The van der Waals surface area contributed by atoms with Crippen molar-refractivity contribution >= 4 is 10.9 Å². The molecule has 2 heterocycles. The highest BCUT2D eigenvalue weighted by Gasteiger charge is 2.56. The molecule has 4 rings (SSSR count). The second kappa shape index (κ2) is 7.83. The van der Waals surface area contributed by atoms with Gasteiger partial charge in [0, 0.05) is 36.6 Å². The molecule has 2 fully saturated rings. The predicted molar refractivity (Wildman–Crippen MR) is 107 cm³/mol. The lowest BCUT2D eigenvalue weighted by Crippen LogP contribution is -2.62.